The lowest BCUT2D eigenvalue weighted by Crippen LogP contribution is -2.34. The second-order valence-electron chi connectivity index (χ2n) is 2.92. The second-order valence-corrected chi connectivity index (χ2v) is 2.92. The lowest BCUT2D eigenvalue weighted by atomic mass is 9.81. The van der Waals surface area contributed by atoms with Crippen LogP contribution in [0.4, 0.5) is 13.2 Å². The van der Waals surface area contributed by atoms with Crippen LogP contribution in [0.1, 0.15) is 13.8 Å². The Morgan fingerprint density at radius 1 is 1.00 bits per heavy atom. The quantitative estimate of drug-likeness (QED) is 0.583. The highest BCUT2D eigenvalue weighted by Gasteiger charge is 2.34. The van der Waals surface area contributed by atoms with Gasteiger partial charge in [0.1, 0.15) is 20.0 Å². The number of rotatable bonds is 4. The first-order chi connectivity index (χ1) is 4.63. The van der Waals surface area contributed by atoms with Gasteiger partial charge in [-0.05, 0) is 5.92 Å². The molecule has 0 amide bonds. The molecule has 0 aliphatic rings. The van der Waals surface area contributed by atoms with Gasteiger partial charge in [-0.25, -0.2) is 0 Å². The van der Waals surface area contributed by atoms with Crippen LogP contribution in [0, 0.1) is 11.3 Å². The molecule has 0 rings (SSSR count). The molecule has 0 N–H and O–H groups in total. The van der Waals surface area contributed by atoms with E-state index in [2.05, 4.69) is 0 Å². The van der Waals surface area contributed by atoms with Crippen molar-refractivity contribution in [2.75, 3.05) is 20.0 Å². The van der Waals surface area contributed by atoms with Gasteiger partial charge < -0.3 is 0 Å². The fraction of sp³-hybridized carbons (Fsp3) is 1.00. The molecule has 0 radical (unpaired) electrons. The maximum atomic E-state index is 12.1. The van der Waals surface area contributed by atoms with Gasteiger partial charge in [-0.1, -0.05) is 13.8 Å². The topological polar surface area (TPSA) is 0 Å². The Kier molecular flexibility index (Phi) is 3.76. The highest BCUT2D eigenvalue weighted by molar-refractivity contribution is 4.80. The molecule has 0 saturated carbocycles. The van der Waals surface area contributed by atoms with Crippen LogP contribution in [0.25, 0.3) is 0 Å². The molecule has 0 nitrogen and oxygen atoms in total. The first-order valence-corrected chi connectivity index (χ1v) is 3.31. The number of hydrogen-bond acceptors (Lipinski definition) is 0. The third kappa shape index (κ3) is 1.64. The number of alkyl halides is 3. The molecule has 0 unspecified atom stereocenters. The van der Waals surface area contributed by atoms with Crippen molar-refractivity contribution in [3.05, 3.63) is 0 Å². The maximum Gasteiger partial charge on any atom is 0.100 e. The normalized spacial score (nSPS) is 12.6. The van der Waals surface area contributed by atoms with Crippen molar-refractivity contribution in [2.45, 2.75) is 13.8 Å². The Morgan fingerprint density at radius 2 is 1.30 bits per heavy atom. The van der Waals surface area contributed by atoms with Crippen LogP contribution in [0.2, 0.25) is 0 Å². The molecule has 0 aromatic rings. The van der Waals surface area contributed by atoms with E-state index in [1.807, 2.05) is 0 Å². The Labute approximate surface area is 59.4 Å². The van der Waals surface area contributed by atoms with Crippen LogP contribution < -0.4 is 0 Å². The smallest absolute Gasteiger partial charge is 0.100 e. The highest BCUT2D eigenvalue weighted by Crippen LogP contribution is 2.29. The van der Waals surface area contributed by atoms with Gasteiger partial charge in [-0.3, -0.25) is 13.2 Å². The fourth-order valence-corrected chi connectivity index (χ4v) is 0.570. The summed E-state index contributed by atoms with van der Waals surface area (Å²) in [5.41, 5.74) is -1.38. The van der Waals surface area contributed by atoms with E-state index in [0.717, 1.165) is 0 Å². The SMILES string of the molecule is CC(C)C(CF)(CF)CF. The summed E-state index contributed by atoms with van der Waals surface area (Å²) in [5.74, 6) is -0.285. The lowest BCUT2D eigenvalue weighted by Gasteiger charge is -2.28. The zero-order chi connectivity index (χ0) is 8.20. The summed E-state index contributed by atoms with van der Waals surface area (Å²) in [7, 11) is 0. The summed E-state index contributed by atoms with van der Waals surface area (Å²) >= 11 is 0. The van der Waals surface area contributed by atoms with Crippen molar-refractivity contribution in [3.8, 4) is 0 Å². The van der Waals surface area contributed by atoms with Crippen LogP contribution in [-0.2, 0) is 0 Å². The van der Waals surface area contributed by atoms with Crippen molar-refractivity contribution in [2.24, 2.45) is 11.3 Å². The summed E-state index contributed by atoms with van der Waals surface area (Å²) in [6, 6.07) is 0. The largest absolute Gasteiger partial charge is 0.250 e. The average molecular weight is 154 g/mol. The van der Waals surface area contributed by atoms with Crippen LogP contribution in [0.3, 0.4) is 0 Å². The molecule has 10 heavy (non-hydrogen) atoms. The summed E-state index contributed by atoms with van der Waals surface area (Å²) in [6.07, 6.45) is 0. The Bertz CT molecular complexity index is 78.6. The molecule has 0 bridgehead atoms. The molecular formula is C7H13F3. The molecule has 62 valence electrons. The highest BCUT2D eigenvalue weighted by atomic mass is 19.1. The second kappa shape index (κ2) is 3.84. The third-order valence-corrected chi connectivity index (χ3v) is 2.02. The molecule has 0 saturated heterocycles. The zero-order valence-corrected chi connectivity index (χ0v) is 6.33. The van der Waals surface area contributed by atoms with Crippen LogP contribution in [0.15, 0.2) is 0 Å². The minimum Gasteiger partial charge on any atom is -0.250 e. The van der Waals surface area contributed by atoms with Gasteiger partial charge in [0.25, 0.3) is 0 Å². The van der Waals surface area contributed by atoms with E-state index in [4.69, 9.17) is 0 Å². The van der Waals surface area contributed by atoms with Crippen LogP contribution in [-0.4, -0.2) is 20.0 Å². The third-order valence-electron chi connectivity index (χ3n) is 2.02. The fourth-order valence-electron chi connectivity index (χ4n) is 0.570. The summed E-state index contributed by atoms with van der Waals surface area (Å²) in [5, 5.41) is 0. The minimum absolute atomic E-state index is 0.285. The molecule has 0 heterocycles. The molecule has 0 aromatic carbocycles. The van der Waals surface area contributed by atoms with Gasteiger partial charge in [-0.2, -0.15) is 0 Å². The predicted molar refractivity (Wildman–Crippen MR) is 35.2 cm³/mol. The zero-order valence-electron chi connectivity index (χ0n) is 6.33. The van der Waals surface area contributed by atoms with Crippen molar-refractivity contribution in [1.82, 2.24) is 0 Å². The standard InChI is InChI=1S/C7H13F3/c1-6(2)7(3-8,4-9)5-10/h6H,3-5H2,1-2H3. The van der Waals surface area contributed by atoms with Gasteiger partial charge in [0.05, 0.1) is 5.41 Å². The molecule has 0 spiro atoms. The molecule has 0 fully saturated rings. The van der Waals surface area contributed by atoms with Crippen LogP contribution >= 0.6 is 0 Å². The maximum absolute atomic E-state index is 12.1. The van der Waals surface area contributed by atoms with E-state index in [-0.39, 0.29) is 5.92 Å². The number of halogens is 3. The number of hydrogen-bond donors (Lipinski definition) is 0. The van der Waals surface area contributed by atoms with E-state index in [9.17, 15) is 13.2 Å². The summed E-state index contributed by atoms with van der Waals surface area (Å²) in [4.78, 5) is 0. The molecular weight excluding hydrogens is 141 g/mol. The van der Waals surface area contributed by atoms with E-state index >= 15 is 0 Å². The minimum atomic E-state index is -1.38. The van der Waals surface area contributed by atoms with Gasteiger partial charge in [0.2, 0.25) is 0 Å². The Balaban J connectivity index is 4.15. The van der Waals surface area contributed by atoms with Gasteiger partial charge in [0, 0.05) is 0 Å². The summed E-state index contributed by atoms with van der Waals surface area (Å²) in [6.45, 7) is 0.491. The molecule has 0 aliphatic heterocycles. The van der Waals surface area contributed by atoms with Gasteiger partial charge >= 0.3 is 0 Å². The monoisotopic (exact) mass is 154 g/mol. The lowest BCUT2D eigenvalue weighted by molar-refractivity contribution is 0.0626. The van der Waals surface area contributed by atoms with Crippen molar-refractivity contribution >= 4 is 0 Å². The van der Waals surface area contributed by atoms with Crippen molar-refractivity contribution in [3.63, 3.8) is 0 Å². The van der Waals surface area contributed by atoms with Crippen molar-refractivity contribution < 1.29 is 13.2 Å². The Morgan fingerprint density at radius 3 is 1.30 bits per heavy atom. The average Bonchev–Trinajstić information content (AvgIpc) is 1.92. The van der Waals surface area contributed by atoms with Gasteiger partial charge in [-0.15, -0.1) is 0 Å². The molecule has 0 aliphatic carbocycles. The van der Waals surface area contributed by atoms with Gasteiger partial charge in [0.15, 0.2) is 0 Å². The first kappa shape index (κ1) is 9.79. The molecule has 3 heteroatoms. The van der Waals surface area contributed by atoms with Crippen LogP contribution in [0.5, 0.6) is 0 Å². The van der Waals surface area contributed by atoms with E-state index in [1.165, 1.54) is 0 Å². The Hall–Kier alpha value is -0.210. The van der Waals surface area contributed by atoms with E-state index < -0.39 is 25.4 Å². The predicted octanol–water partition coefficient (Wildman–Crippen LogP) is 2.54. The van der Waals surface area contributed by atoms with E-state index in [0.29, 0.717) is 0 Å². The molecule has 0 aromatic heterocycles. The summed E-state index contributed by atoms with van der Waals surface area (Å²) < 4.78 is 36.3. The van der Waals surface area contributed by atoms with E-state index in [1.54, 1.807) is 13.8 Å². The first-order valence-electron chi connectivity index (χ1n) is 3.31. The molecule has 0 atom stereocenters. The van der Waals surface area contributed by atoms with Crippen molar-refractivity contribution in [1.29, 1.82) is 0 Å².